The summed E-state index contributed by atoms with van der Waals surface area (Å²) in [5.74, 6) is -1.06. The van der Waals surface area contributed by atoms with E-state index in [1.807, 2.05) is 0 Å². The molecule has 0 aliphatic carbocycles. The molecule has 2 aromatic heterocycles. The second-order valence-electron chi connectivity index (χ2n) is 4.83. The standard InChI is InChI=1S/C16H13N3O5S/c1-2-23-16(22)19-14(21)10-5-6-25-15(10)18-13(20)9-3-4-11-12(7-9)24-8-17-11/h3-8H,2H2,1H3,(H,18,20)(H,19,21,22). The van der Waals surface area contributed by atoms with Crippen LogP contribution in [-0.2, 0) is 4.74 Å². The zero-order valence-electron chi connectivity index (χ0n) is 13.1. The Morgan fingerprint density at radius 3 is 2.88 bits per heavy atom. The van der Waals surface area contributed by atoms with Crippen molar-refractivity contribution < 1.29 is 23.5 Å². The van der Waals surface area contributed by atoms with Crippen LogP contribution in [0.1, 0.15) is 27.6 Å². The van der Waals surface area contributed by atoms with Crippen molar-refractivity contribution in [2.75, 3.05) is 11.9 Å². The summed E-state index contributed by atoms with van der Waals surface area (Å²) in [4.78, 5) is 39.8. The van der Waals surface area contributed by atoms with Crippen LogP contribution in [0.4, 0.5) is 9.80 Å². The van der Waals surface area contributed by atoms with Gasteiger partial charge in [-0.05, 0) is 36.6 Å². The number of anilines is 1. The summed E-state index contributed by atoms with van der Waals surface area (Å²) in [5.41, 5.74) is 1.66. The Labute approximate surface area is 145 Å². The first-order valence-electron chi connectivity index (χ1n) is 7.28. The van der Waals surface area contributed by atoms with E-state index in [1.54, 1.807) is 30.5 Å². The van der Waals surface area contributed by atoms with Crippen LogP contribution in [-0.4, -0.2) is 29.5 Å². The van der Waals surface area contributed by atoms with Crippen molar-refractivity contribution in [1.82, 2.24) is 10.3 Å². The van der Waals surface area contributed by atoms with Gasteiger partial charge in [-0.15, -0.1) is 11.3 Å². The summed E-state index contributed by atoms with van der Waals surface area (Å²) in [6, 6.07) is 6.33. The molecule has 3 amide bonds. The molecular formula is C16H13N3O5S. The van der Waals surface area contributed by atoms with E-state index < -0.39 is 17.9 Å². The van der Waals surface area contributed by atoms with E-state index in [-0.39, 0.29) is 12.2 Å². The van der Waals surface area contributed by atoms with Crippen LogP contribution < -0.4 is 10.6 Å². The lowest BCUT2D eigenvalue weighted by molar-refractivity contribution is 0.0926. The fraction of sp³-hybridized carbons (Fsp3) is 0.125. The monoisotopic (exact) mass is 359 g/mol. The average Bonchev–Trinajstić information content (AvgIpc) is 3.22. The van der Waals surface area contributed by atoms with Crippen molar-refractivity contribution in [1.29, 1.82) is 0 Å². The van der Waals surface area contributed by atoms with Gasteiger partial charge in [-0.2, -0.15) is 0 Å². The van der Waals surface area contributed by atoms with Gasteiger partial charge in [0, 0.05) is 5.56 Å². The molecule has 0 saturated heterocycles. The third-order valence-corrected chi connectivity index (χ3v) is 4.05. The Balaban J connectivity index is 1.74. The summed E-state index contributed by atoms with van der Waals surface area (Å²) >= 11 is 1.17. The number of carbonyl (C=O) groups is 3. The maximum Gasteiger partial charge on any atom is 0.414 e. The van der Waals surface area contributed by atoms with Gasteiger partial charge >= 0.3 is 6.09 Å². The lowest BCUT2D eigenvalue weighted by Gasteiger charge is -2.07. The predicted octanol–water partition coefficient (Wildman–Crippen LogP) is 3.03. The van der Waals surface area contributed by atoms with Gasteiger partial charge in [0.1, 0.15) is 10.5 Å². The summed E-state index contributed by atoms with van der Waals surface area (Å²) < 4.78 is 9.83. The molecule has 0 aliphatic rings. The van der Waals surface area contributed by atoms with Gasteiger partial charge in [-0.25, -0.2) is 9.78 Å². The highest BCUT2D eigenvalue weighted by Crippen LogP contribution is 2.24. The largest absolute Gasteiger partial charge is 0.450 e. The maximum atomic E-state index is 12.4. The van der Waals surface area contributed by atoms with Crippen LogP contribution in [0, 0.1) is 0 Å². The van der Waals surface area contributed by atoms with Gasteiger partial charge in [0.15, 0.2) is 12.0 Å². The third kappa shape index (κ3) is 3.66. The summed E-state index contributed by atoms with van der Waals surface area (Å²) in [6.45, 7) is 1.78. The zero-order chi connectivity index (χ0) is 17.8. The molecule has 2 N–H and O–H groups in total. The molecule has 8 nitrogen and oxygen atoms in total. The first-order chi connectivity index (χ1) is 12.1. The number of amides is 3. The topological polar surface area (TPSA) is 111 Å². The highest BCUT2D eigenvalue weighted by Gasteiger charge is 2.18. The summed E-state index contributed by atoms with van der Waals surface area (Å²) in [5, 5.41) is 6.70. The van der Waals surface area contributed by atoms with Crippen LogP contribution in [0.5, 0.6) is 0 Å². The average molecular weight is 359 g/mol. The van der Waals surface area contributed by atoms with Crippen molar-refractivity contribution in [3.63, 3.8) is 0 Å². The molecule has 0 unspecified atom stereocenters. The number of ether oxygens (including phenoxy) is 1. The Bertz CT molecular complexity index is 946. The van der Waals surface area contributed by atoms with Crippen LogP contribution in [0.15, 0.2) is 40.5 Å². The minimum atomic E-state index is -0.841. The van der Waals surface area contributed by atoms with Gasteiger partial charge in [-0.1, -0.05) is 0 Å². The van der Waals surface area contributed by atoms with Gasteiger partial charge in [-0.3, -0.25) is 14.9 Å². The number of nitrogens with one attached hydrogen (secondary N) is 2. The number of benzene rings is 1. The number of rotatable bonds is 4. The molecule has 9 heteroatoms. The fourth-order valence-electron chi connectivity index (χ4n) is 2.08. The number of carbonyl (C=O) groups excluding carboxylic acids is 3. The Morgan fingerprint density at radius 1 is 1.24 bits per heavy atom. The third-order valence-electron chi connectivity index (χ3n) is 3.22. The number of nitrogens with zero attached hydrogens (tertiary/aromatic N) is 1. The van der Waals surface area contributed by atoms with E-state index in [0.29, 0.717) is 21.7 Å². The minimum Gasteiger partial charge on any atom is -0.450 e. The quantitative estimate of drug-likeness (QED) is 0.741. The zero-order valence-corrected chi connectivity index (χ0v) is 13.9. The van der Waals surface area contributed by atoms with Crippen LogP contribution in [0.2, 0.25) is 0 Å². The molecule has 3 aromatic rings. The number of alkyl carbamates (subject to hydrolysis) is 1. The molecule has 0 spiro atoms. The number of hydrogen-bond donors (Lipinski definition) is 2. The van der Waals surface area contributed by atoms with E-state index in [9.17, 15) is 14.4 Å². The number of hydrogen-bond acceptors (Lipinski definition) is 7. The van der Waals surface area contributed by atoms with E-state index in [4.69, 9.17) is 4.42 Å². The Hall–Kier alpha value is -3.20. The van der Waals surface area contributed by atoms with Crippen LogP contribution in [0.25, 0.3) is 11.1 Å². The van der Waals surface area contributed by atoms with Crippen LogP contribution in [0.3, 0.4) is 0 Å². The van der Waals surface area contributed by atoms with Crippen molar-refractivity contribution in [3.05, 3.63) is 47.2 Å². The molecule has 2 heterocycles. The molecule has 0 saturated carbocycles. The molecule has 128 valence electrons. The van der Waals surface area contributed by atoms with Gasteiger partial charge in [0.05, 0.1) is 12.2 Å². The number of thiophene rings is 1. The number of fused-ring (bicyclic) bond motifs is 1. The lowest BCUT2D eigenvalue weighted by Crippen LogP contribution is -2.31. The van der Waals surface area contributed by atoms with E-state index >= 15 is 0 Å². The lowest BCUT2D eigenvalue weighted by atomic mass is 10.2. The normalized spacial score (nSPS) is 10.4. The molecule has 0 bridgehead atoms. The molecule has 25 heavy (non-hydrogen) atoms. The van der Waals surface area contributed by atoms with E-state index in [0.717, 1.165) is 0 Å². The second kappa shape index (κ2) is 7.14. The molecule has 0 radical (unpaired) electrons. The number of oxazole rings is 1. The van der Waals surface area contributed by atoms with Gasteiger partial charge < -0.3 is 14.5 Å². The minimum absolute atomic E-state index is 0.149. The first kappa shape index (κ1) is 16.7. The first-order valence-corrected chi connectivity index (χ1v) is 8.16. The maximum absolute atomic E-state index is 12.4. The molecule has 0 atom stereocenters. The molecule has 1 aromatic carbocycles. The second-order valence-corrected chi connectivity index (χ2v) is 5.74. The SMILES string of the molecule is CCOC(=O)NC(=O)c1ccsc1NC(=O)c1ccc2ncoc2c1. The van der Waals surface area contributed by atoms with Gasteiger partial charge in [0.25, 0.3) is 11.8 Å². The molecule has 0 aliphatic heterocycles. The van der Waals surface area contributed by atoms with Crippen molar-refractivity contribution >= 4 is 45.3 Å². The summed E-state index contributed by atoms with van der Waals surface area (Å²) in [6.07, 6.45) is 0.454. The van der Waals surface area contributed by atoms with Crippen molar-refractivity contribution in [3.8, 4) is 0 Å². The van der Waals surface area contributed by atoms with Crippen molar-refractivity contribution in [2.24, 2.45) is 0 Å². The Kier molecular flexibility index (Phi) is 4.75. The highest BCUT2D eigenvalue weighted by molar-refractivity contribution is 7.14. The molecule has 0 fully saturated rings. The molecular weight excluding hydrogens is 346 g/mol. The summed E-state index contributed by atoms with van der Waals surface area (Å²) in [7, 11) is 0. The fourth-order valence-corrected chi connectivity index (χ4v) is 2.86. The smallest absolute Gasteiger partial charge is 0.414 e. The van der Waals surface area contributed by atoms with E-state index in [2.05, 4.69) is 20.4 Å². The van der Waals surface area contributed by atoms with Gasteiger partial charge in [0.2, 0.25) is 0 Å². The Morgan fingerprint density at radius 2 is 2.08 bits per heavy atom. The number of imide groups is 1. The highest BCUT2D eigenvalue weighted by atomic mass is 32.1. The van der Waals surface area contributed by atoms with Crippen molar-refractivity contribution in [2.45, 2.75) is 6.92 Å². The molecule has 3 rings (SSSR count). The van der Waals surface area contributed by atoms with Crippen LogP contribution >= 0.6 is 11.3 Å². The number of aromatic nitrogens is 1. The van der Waals surface area contributed by atoms with E-state index in [1.165, 1.54) is 23.8 Å². The predicted molar refractivity (Wildman–Crippen MR) is 90.8 cm³/mol.